The maximum atomic E-state index is 9.25. The quantitative estimate of drug-likeness (QED) is 0.320. The van der Waals surface area contributed by atoms with Gasteiger partial charge in [-0.15, -0.1) is 0 Å². The van der Waals surface area contributed by atoms with E-state index in [0.29, 0.717) is 0 Å². The summed E-state index contributed by atoms with van der Waals surface area (Å²) in [7, 11) is 2.91. The fraction of sp³-hybridized carbons (Fsp3) is 0. The van der Waals surface area contributed by atoms with Gasteiger partial charge in [0, 0.05) is 0 Å². The molecule has 0 bridgehead atoms. The van der Waals surface area contributed by atoms with Crippen LogP contribution in [-0.4, -0.2) is 7.18 Å². The predicted octanol–water partition coefficient (Wildman–Crippen LogP) is 0.783. The molecule has 0 heterocycles. The minimum absolute atomic E-state index is 1.65. The van der Waals surface area contributed by atoms with E-state index in [4.69, 9.17) is 0 Å². The Kier molecular flexibility index (Phi) is 1.94. The van der Waals surface area contributed by atoms with Gasteiger partial charge in [0.15, 0.2) is 0 Å². The molecule has 22 valence electrons. The molecule has 1 atom stereocenters. The van der Waals surface area contributed by atoms with E-state index in [1.54, 1.807) is 0 Å². The molecule has 0 fully saturated rings. The molecule has 0 aliphatic rings. The van der Waals surface area contributed by atoms with Crippen LogP contribution in [-0.2, 0) is 4.57 Å². The SMILES string of the molecule is B=P(=O)Cl. The van der Waals surface area contributed by atoms with Crippen molar-refractivity contribution in [3.63, 3.8) is 0 Å². The van der Waals surface area contributed by atoms with Crippen LogP contribution in [0.25, 0.3) is 0 Å². The molecular formula is HBClOP. The third-order valence-corrected chi connectivity index (χ3v) is 0. The van der Waals surface area contributed by atoms with Gasteiger partial charge in [-0.1, -0.05) is 0 Å². The zero-order chi connectivity index (χ0) is 3.58. The van der Waals surface area contributed by atoms with E-state index in [-0.39, 0.29) is 0 Å². The fourth-order valence-corrected chi connectivity index (χ4v) is 0. The van der Waals surface area contributed by atoms with Gasteiger partial charge < -0.3 is 0 Å². The van der Waals surface area contributed by atoms with Gasteiger partial charge in [0.05, 0.1) is 0 Å². The van der Waals surface area contributed by atoms with E-state index in [1.807, 2.05) is 0 Å². The van der Waals surface area contributed by atoms with Crippen molar-refractivity contribution in [2.24, 2.45) is 0 Å². The zero-order valence-corrected chi connectivity index (χ0v) is 3.59. The Balaban J connectivity index is 3.51. The van der Waals surface area contributed by atoms with Crippen LogP contribution in [0.5, 0.6) is 0 Å². The van der Waals surface area contributed by atoms with Crippen molar-refractivity contribution < 1.29 is 4.57 Å². The molecule has 4 heteroatoms. The third-order valence-electron chi connectivity index (χ3n) is 0. The second-order valence-corrected chi connectivity index (χ2v) is 2.08. The Labute approximate surface area is 30.5 Å². The molecule has 0 aromatic heterocycles. The molecule has 0 rings (SSSR count). The first kappa shape index (κ1) is 4.45. The van der Waals surface area contributed by atoms with Crippen molar-refractivity contribution in [1.29, 1.82) is 0 Å². The van der Waals surface area contributed by atoms with Gasteiger partial charge in [-0.2, -0.15) is 0 Å². The van der Waals surface area contributed by atoms with Gasteiger partial charge in [0.25, 0.3) is 0 Å². The monoisotopic (exact) mass is 94.0 g/mol. The van der Waals surface area contributed by atoms with E-state index < -0.39 is 6.64 Å². The van der Waals surface area contributed by atoms with Crippen LogP contribution in [0.1, 0.15) is 0 Å². The molecular weight excluding hydrogens is 93.2 g/mol. The Morgan fingerprint density at radius 2 is 2.00 bits per heavy atom. The topological polar surface area (TPSA) is 17.1 Å². The number of halogens is 1. The standard InChI is InChI=1S/BClHOP/c1-4(2)3/h1H. The van der Waals surface area contributed by atoms with E-state index in [1.165, 1.54) is 0 Å². The summed E-state index contributed by atoms with van der Waals surface area (Å²) in [6.07, 6.45) is 0. The Morgan fingerprint density at radius 3 is 2.00 bits per heavy atom. The van der Waals surface area contributed by atoms with Crippen LogP contribution in [0.4, 0.5) is 0 Å². The van der Waals surface area contributed by atoms with Crippen LogP contribution in [0, 0.1) is 0 Å². The Bertz CT molecular complexity index is 56.4. The summed E-state index contributed by atoms with van der Waals surface area (Å²) in [6.45, 7) is -1.65. The molecule has 0 spiro atoms. The molecule has 0 radical (unpaired) electrons. The minimum atomic E-state index is -1.65. The van der Waals surface area contributed by atoms with Gasteiger partial charge in [0.1, 0.15) is 0 Å². The molecule has 0 N–H and O–H groups in total. The van der Waals surface area contributed by atoms with Gasteiger partial charge in [0.2, 0.25) is 0 Å². The maximum absolute atomic E-state index is 9.25. The van der Waals surface area contributed by atoms with Crippen molar-refractivity contribution in [2.75, 3.05) is 0 Å². The van der Waals surface area contributed by atoms with Gasteiger partial charge in [-0.25, -0.2) is 0 Å². The van der Waals surface area contributed by atoms with Crippen LogP contribution in [0.2, 0.25) is 0 Å². The van der Waals surface area contributed by atoms with Crippen LogP contribution >= 0.6 is 17.9 Å². The average molecular weight is 94.2 g/mol. The molecule has 0 saturated carbocycles. The summed E-state index contributed by atoms with van der Waals surface area (Å²) >= 11 is 4.67. The summed E-state index contributed by atoms with van der Waals surface area (Å²) in [6, 6.07) is 0. The van der Waals surface area contributed by atoms with Crippen LogP contribution < -0.4 is 0 Å². The van der Waals surface area contributed by atoms with E-state index in [9.17, 15) is 4.57 Å². The molecule has 1 unspecified atom stereocenters. The van der Waals surface area contributed by atoms with Crippen molar-refractivity contribution in [2.45, 2.75) is 0 Å². The molecule has 0 aliphatic carbocycles. The van der Waals surface area contributed by atoms with Crippen LogP contribution in [0.3, 0.4) is 0 Å². The second-order valence-electron chi connectivity index (χ2n) is 0.318. The van der Waals surface area contributed by atoms with Crippen LogP contribution in [0.15, 0.2) is 0 Å². The molecule has 0 saturated heterocycles. The molecule has 0 aliphatic heterocycles. The zero-order valence-electron chi connectivity index (χ0n) is 1.94. The second kappa shape index (κ2) is 1.74. The van der Waals surface area contributed by atoms with Crippen molar-refractivity contribution in [3.8, 4) is 0 Å². The number of rotatable bonds is 0. The normalized spacial score (nSPS) is 10.5. The van der Waals surface area contributed by atoms with Gasteiger partial charge in [-0.3, -0.25) is 0 Å². The molecule has 1 nitrogen and oxygen atoms in total. The third kappa shape index (κ3) is 25.1. The Hall–Kier alpha value is 0.455. The first-order valence-corrected chi connectivity index (χ1v) is 3.02. The van der Waals surface area contributed by atoms with E-state index in [2.05, 4.69) is 18.4 Å². The van der Waals surface area contributed by atoms with Gasteiger partial charge >= 0.3 is 29.6 Å². The first-order chi connectivity index (χ1) is 1.73. The number of hydrogen-bond acceptors (Lipinski definition) is 1. The Morgan fingerprint density at radius 1 is 2.00 bits per heavy atom. The fourth-order valence-electron chi connectivity index (χ4n) is 0. The van der Waals surface area contributed by atoms with Crippen molar-refractivity contribution in [3.05, 3.63) is 0 Å². The summed E-state index contributed by atoms with van der Waals surface area (Å²) in [5.41, 5.74) is 0. The van der Waals surface area contributed by atoms with Crippen molar-refractivity contribution >= 4 is 25.1 Å². The number of hydrogen-bond donors (Lipinski definition) is 0. The molecule has 4 heavy (non-hydrogen) atoms. The molecule has 0 aromatic rings. The average Bonchev–Trinajstić information content (AvgIpc) is 0.811. The first-order valence-electron chi connectivity index (χ1n) is 0.668. The molecule has 0 aromatic carbocycles. The summed E-state index contributed by atoms with van der Waals surface area (Å²) in [4.78, 5) is 0. The van der Waals surface area contributed by atoms with E-state index >= 15 is 0 Å². The summed E-state index contributed by atoms with van der Waals surface area (Å²) < 4.78 is 9.25. The van der Waals surface area contributed by atoms with E-state index in [0.717, 1.165) is 0 Å². The summed E-state index contributed by atoms with van der Waals surface area (Å²) in [5.74, 6) is 0. The summed E-state index contributed by atoms with van der Waals surface area (Å²) in [5, 5.41) is 0. The van der Waals surface area contributed by atoms with Crippen molar-refractivity contribution in [1.82, 2.24) is 0 Å². The van der Waals surface area contributed by atoms with Gasteiger partial charge in [-0.05, 0) is 0 Å². The molecule has 0 amide bonds. The predicted molar refractivity (Wildman–Crippen MR) is 20.6 cm³/mol.